The van der Waals surface area contributed by atoms with Crippen molar-refractivity contribution in [2.75, 3.05) is 0 Å². The molecule has 5 heteroatoms. The maximum Gasteiger partial charge on any atom is 0.259 e. The summed E-state index contributed by atoms with van der Waals surface area (Å²) in [4.78, 5) is 14.6. The molecule has 0 aliphatic rings. The fourth-order valence-electron chi connectivity index (χ4n) is 1.97. The van der Waals surface area contributed by atoms with Crippen LogP contribution in [0.25, 0.3) is 16.6 Å². The summed E-state index contributed by atoms with van der Waals surface area (Å²) in [6, 6.07) is 9.72. The Hall–Kier alpha value is -1.88. The van der Waals surface area contributed by atoms with E-state index in [1.165, 1.54) is 0 Å². The first-order valence-electron chi connectivity index (χ1n) is 5.49. The van der Waals surface area contributed by atoms with E-state index in [-0.39, 0.29) is 5.56 Å². The van der Waals surface area contributed by atoms with Crippen molar-refractivity contribution >= 4 is 26.8 Å². The van der Waals surface area contributed by atoms with Gasteiger partial charge in [0.1, 0.15) is 0 Å². The van der Waals surface area contributed by atoms with Crippen molar-refractivity contribution in [2.24, 2.45) is 0 Å². The maximum atomic E-state index is 11.8. The van der Waals surface area contributed by atoms with E-state index in [1.54, 1.807) is 10.9 Å². The number of fused-ring (bicyclic) bond motifs is 1. The van der Waals surface area contributed by atoms with Gasteiger partial charge >= 0.3 is 0 Å². The fourth-order valence-corrected chi connectivity index (χ4v) is 2.36. The Kier molecular flexibility index (Phi) is 2.56. The molecule has 2 heterocycles. The first kappa shape index (κ1) is 11.2. The normalized spacial score (nSPS) is 11.0. The molecular formula is C13H10BrN3O. The van der Waals surface area contributed by atoms with Crippen molar-refractivity contribution in [1.82, 2.24) is 14.8 Å². The lowest BCUT2D eigenvalue weighted by Gasteiger charge is -2.04. The molecule has 1 N–H and O–H groups in total. The number of nitrogens with one attached hydrogen (secondary N) is 1. The number of aromatic nitrogens is 3. The number of H-pyrrole nitrogens is 1. The van der Waals surface area contributed by atoms with Crippen LogP contribution in [0.1, 0.15) is 5.69 Å². The van der Waals surface area contributed by atoms with E-state index in [0.717, 1.165) is 21.4 Å². The first-order chi connectivity index (χ1) is 8.65. The van der Waals surface area contributed by atoms with Crippen LogP contribution in [0, 0.1) is 6.92 Å². The zero-order chi connectivity index (χ0) is 12.7. The van der Waals surface area contributed by atoms with E-state index in [9.17, 15) is 4.79 Å². The average molecular weight is 304 g/mol. The van der Waals surface area contributed by atoms with Gasteiger partial charge in [-0.2, -0.15) is 5.10 Å². The molecule has 90 valence electrons. The van der Waals surface area contributed by atoms with E-state index in [2.05, 4.69) is 26.0 Å². The Bertz CT molecular complexity index is 788. The van der Waals surface area contributed by atoms with Gasteiger partial charge in [-0.3, -0.25) is 4.79 Å². The molecule has 0 unspecified atom stereocenters. The minimum Gasteiger partial charge on any atom is -0.326 e. The predicted molar refractivity (Wildman–Crippen MR) is 74.1 cm³/mol. The summed E-state index contributed by atoms with van der Waals surface area (Å²) in [5.74, 6) is 0. The van der Waals surface area contributed by atoms with Crippen molar-refractivity contribution in [3.05, 3.63) is 57.0 Å². The van der Waals surface area contributed by atoms with Crippen LogP contribution in [0.15, 0.2) is 45.8 Å². The van der Waals surface area contributed by atoms with Crippen LogP contribution < -0.4 is 5.56 Å². The molecule has 3 aromatic rings. The van der Waals surface area contributed by atoms with Crippen LogP contribution in [0.3, 0.4) is 0 Å². The van der Waals surface area contributed by atoms with Gasteiger partial charge in [-0.15, -0.1) is 0 Å². The highest BCUT2D eigenvalue weighted by molar-refractivity contribution is 9.10. The third-order valence-electron chi connectivity index (χ3n) is 2.77. The quantitative estimate of drug-likeness (QED) is 0.751. The molecule has 0 bridgehead atoms. The van der Waals surface area contributed by atoms with Gasteiger partial charge in [0.05, 0.1) is 22.8 Å². The van der Waals surface area contributed by atoms with Gasteiger partial charge in [-0.25, -0.2) is 4.68 Å². The molecule has 18 heavy (non-hydrogen) atoms. The number of rotatable bonds is 1. The number of aromatic amines is 1. The van der Waals surface area contributed by atoms with Crippen LogP contribution in [0.5, 0.6) is 0 Å². The average Bonchev–Trinajstić information content (AvgIpc) is 2.72. The van der Waals surface area contributed by atoms with Crippen LogP contribution in [-0.4, -0.2) is 14.8 Å². The topological polar surface area (TPSA) is 50.7 Å². The summed E-state index contributed by atoms with van der Waals surface area (Å²) < 4.78 is 2.74. The lowest BCUT2D eigenvalue weighted by Crippen LogP contribution is -2.07. The Morgan fingerprint density at radius 1 is 1.33 bits per heavy atom. The summed E-state index contributed by atoms with van der Waals surface area (Å²) in [6.07, 6.45) is 1.59. The lowest BCUT2D eigenvalue weighted by atomic mass is 10.2. The molecule has 4 nitrogen and oxygen atoms in total. The molecule has 0 saturated carbocycles. The third-order valence-corrected chi connectivity index (χ3v) is 3.26. The molecule has 0 amide bonds. The first-order valence-corrected chi connectivity index (χ1v) is 6.28. The smallest absolute Gasteiger partial charge is 0.259 e. The molecule has 3 rings (SSSR count). The number of hydrogen-bond acceptors (Lipinski definition) is 2. The van der Waals surface area contributed by atoms with Crippen molar-refractivity contribution in [3.8, 4) is 5.69 Å². The number of aryl methyl sites for hydroxylation is 1. The largest absolute Gasteiger partial charge is 0.326 e. The van der Waals surface area contributed by atoms with Gasteiger partial charge in [0, 0.05) is 10.2 Å². The highest BCUT2D eigenvalue weighted by atomic mass is 79.9. The molecule has 0 fully saturated rings. The van der Waals surface area contributed by atoms with Crippen molar-refractivity contribution < 1.29 is 0 Å². The summed E-state index contributed by atoms with van der Waals surface area (Å²) in [7, 11) is 0. The van der Waals surface area contributed by atoms with Gasteiger partial charge < -0.3 is 4.98 Å². The van der Waals surface area contributed by atoms with Gasteiger partial charge in [-0.1, -0.05) is 22.0 Å². The summed E-state index contributed by atoms with van der Waals surface area (Å²) in [5, 5.41) is 4.88. The molecule has 2 aromatic heterocycles. The summed E-state index contributed by atoms with van der Waals surface area (Å²) in [5.41, 5.74) is 2.45. The van der Waals surface area contributed by atoms with E-state index >= 15 is 0 Å². The molecule has 0 radical (unpaired) electrons. The number of nitrogens with zero attached hydrogens (tertiary/aromatic N) is 2. The Morgan fingerprint density at radius 3 is 2.94 bits per heavy atom. The molecule has 0 spiro atoms. The van der Waals surface area contributed by atoms with Crippen molar-refractivity contribution in [1.29, 1.82) is 0 Å². The van der Waals surface area contributed by atoms with Crippen LogP contribution in [-0.2, 0) is 0 Å². The number of hydrogen-bond donors (Lipinski definition) is 1. The third kappa shape index (κ3) is 1.76. The van der Waals surface area contributed by atoms with Gasteiger partial charge in [0.15, 0.2) is 0 Å². The van der Waals surface area contributed by atoms with Crippen LogP contribution in [0.4, 0.5) is 0 Å². The number of halogens is 1. The Labute approximate surface area is 111 Å². The molecular weight excluding hydrogens is 294 g/mol. The Morgan fingerprint density at radius 2 is 2.17 bits per heavy atom. The second-order valence-corrected chi connectivity index (χ2v) is 5.03. The maximum absolute atomic E-state index is 11.8. The van der Waals surface area contributed by atoms with E-state index in [0.29, 0.717) is 5.39 Å². The molecule has 0 aliphatic heterocycles. The van der Waals surface area contributed by atoms with E-state index in [4.69, 9.17) is 0 Å². The van der Waals surface area contributed by atoms with Gasteiger partial charge in [-0.05, 0) is 31.2 Å². The van der Waals surface area contributed by atoms with Gasteiger partial charge in [0.2, 0.25) is 0 Å². The zero-order valence-electron chi connectivity index (χ0n) is 9.64. The van der Waals surface area contributed by atoms with E-state index < -0.39 is 0 Å². The monoisotopic (exact) mass is 303 g/mol. The van der Waals surface area contributed by atoms with Crippen LogP contribution in [0.2, 0.25) is 0 Å². The second-order valence-electron chi connectivity index (χ2n) is 4.12. The summed E-state index contributed by atoms with van der Waals surface area (Å²) in [6.45, 7) is 1.86. The van der Waals surface area contributed by atoms with E-state index in [1.807, 2.05) is 37.3 Å². The predicted octanol–water partition coefficient (Wildman–Crippen LogP) is 2.78. The molecule has 0 saturated heterocycles. The van der Waals surface area contributed by atoms with Crippen molar-refractivity contribution in [3.63, 3.8) is 0 Å². The molecule has 0 aliphatic carbocycles. The fraction of sp³-hybridized carbons (Fsp3) is 0.0769. The lowest BCUT2D eigenvalue weighted by molar-refractivity contribution is 0.909. The summed E-state index contributed by atoms with van der Waals surface area (Å²) >= 11 is 3.43. The van der Waals surface area contributed by atoms with Crippen molar-refractivity contribution in [2.45, 2.75) is 6.92 Å². The molecule has 0 atom stereocenters. The SMILES string of the molecule is Cc1cc2c(cnn2-c2cccc(Br)c2)c(=O)[nH]1. The Balaban J connectivity index is 2.34. The zero-order valence-corrected chi connectivity index (χ0v) is 11.2. The number of pyridine rings is 1. The van der Waals surface area contributed by atoms with Gasteiger partial charge in [0.25, 0.3) is 5.56 Å². The minimum absolute atomic E-state index is 0.105. The molecule has 1 aromatic carbocycles. The highest BCUT2D eigenvalue weighted by Gasteiger charge is 2.08. The minimum atomic E-state index is -0.105. The standard InChI is InChI=1S/C13H10BrN3O/c1-8-5-12-11(13(18)16-8)7-15-17(12)10-4-2-3-9(14)6-10/h2-7H,1H3,(H,16,18). The highest BCUT2D eigenvalue weighted by Crippen LogP contribution is 2.19. The van der Waals surface area contributed by atoms with Crippen LogP contribution >= 0.6 is 15.9 Å². The number of benzene rings is 1. The second kappa shape index (κ2) is 4.10.